The molecular weight excluding hydrogens is 626 g/mol. The number of carbonyl (C=O) groups excluding carboxylic acids is 7. The molecule has 2 saturated heterocycles. The van der Waals surface area contributed by atoms with Crippen molar-refractivity contribution in [2.24, 2.45) is 11.8 Å². The third kappa shape index (κ3) is 9.77. The van der Waals surface area contributed by atoms with Gasteiger partial charge in [-0.1, -0.05) is 51.1 Å². The van der Waals surface area contributed by atoms with Crippen molar-refractivity contribution >= 4 is 41.6 Å². The molecule has 2 heterocycles. The molecule has 8 atom stereocenters. The molecule has 3 amide bonds. The molecule has 0 aromatic heterocycles. The van der Waals surface area contributed by atoms with E-state index in [1.165, 1.54) is 25.7 Å². The fraction of sp³-hybridized carbons (Fsp3) is 0.618. The molecule has 0 radical (unpaired) electrons. The minimum Gasteiger partial charge on any atom is -0.452 e. The number of amides is 3. The fourth-order valence-electron chi connectivity index (χ4n) is 5.43. The molecule has 1 aromatic carbocycles. The van der Waals surface area contributed by atoms with Gasteiger partial charge in [-0.05, 0) is 58.4 Å². The average molecular weight is 674 g/mol. The topological polar surface area (TPSA) is 184 Å². The molecule has 0 spiro atoms. The Bertz CT molecular complexity index is 1350. The number of hydrogen-bond acceptors (Lipinski definition) is 11. The molecule has 2 aliphatic heterocycles. The van der Waals surface area contributed by atoms with E-state index in [1.54, 1.807) is 58.0 Å². The Balaban J connectivity index is 1.97. The lowest BCUT2D eigenvalue weighted by molar-refractivity contribution is -0.177. The molecule has 8 unspecified atom stereocenters. The van der Waals surface area contributed by atoms with Gasteiger partial charge < -0.3 is 34.5 Å². The van der Waals surface area contributed by atoms with Crippen LogP contribution in [0.1, 0.15) is 73.3 Å². The molecule has 0 saturated carbocycles. The molecule has 14 heteroatoms. The SMILES string of the molecule is CCC1NC(=O)C(C)OC(=O)C(C)NC(=O)C(C)OC(=O)C(Cc2ccccc2)OC(=O)C2CCCN2C(=O)C(C(C)C)OC(=O)C1C. The molecule has 2 aliphatic rings. The third-order valence-corrected chi connectivity index (χ3v) is 8.46. The van der Waals surface area contributed by atoms with E-state index in [-0.39, 0.29) is 19.4 Å². The highest BCUT2D eigenvalue weighted by molar-refractivity contribution is 5.92. The summed E-state index contributed by atoms with van der Waals surface area (Å²) < 4.78 is 22.0. The lowest BCUT2D eigenvalue weighted by Gasteiger charge is -2.31. The van der Waals surface area contributed by atoms with Crippen LogP contribution in [-0.2, 0) is 58.9 Å². The van der Waals surface area contributed by atoms with Crippen LogP contribution in [0.3, 0.4) is 0 Å². The van der Waals surface area contributed by atoms with Gasteiger partial charge in [-0.25, -0.2) is 14.4 Å². The third-order valence-electron chi connectivity index (χ3n) is 8.46. The molecule has 48 heavy (non-hydrogen) atoms. The standard InChI is InChI=1S/C34H47N3O11/c1-8-24-19(4)31(41)48-27(18(2)3)30(40)37-16-12-15-25(37)33(43)47-26(17-23-13-10-9-11-14-23)34(44)46-21(6)28(38)35-20(5)32(42)45-22(7)29(39)36-24/h9-11,13-14,18-22,24-27H,8,12,15-17H2,1-7H3,(H,35,38)(H,36,39). The second kappa shape index (κ2) is 17.1. The van der Waals surface area contributed by atoms with Gasteiger partial charge >= 0.3 is 23.9 Å². The van der Waals surface area contributed by atoms with E-state index in [4.69, 9.17) is 18.9 Å². The average Bonchev–Trinajstić information content (AvgIpc) is 3.55. The number of carbonyl (C=O) groups is 7. The predicted octanol–water partition coefficient (Wildman–Crippen LogP) is 1.61. The molecular formula is C34H47N3O11. The molecule has 3 rings (SSSR count). The molecule has 0 bridgehead atoms. The van der Waals surface area contributed by atoms with Crippen LogP contribution < -0.4 is 10.6 Å². The van der Waals surface area contributed by atoms with Gasteiger partial charge in [-0.2, -0.15) is 0 Å². The zero-order chi connectivity index (χ0) is 35.7. The van der Waals surface area contributed by atoms with Crippen LogP contribution >= 0.6 is 0 Å². The Hall–Kier alpha value is -4.49. The molecule has 14 nitrogen and oxygen atoms in total. The van der Waals surface area contributed by atoms with Crippen LogP contribution in [0.4, 0.5) is 0 Å². The van der Waals surface area contributed by atoms with Gasteiger partial charge in [0.2, 0.25) is 6.10 Å². The minimum absolute atomic E-state index is 0.0776. The minimum atomic E-state index is -1.47. The molecule has 1 aromatic rings. The van der Waals surface area contributed by atoms with E-state index in [9.17, 15) is 33.6 Å². The van der Waals surface area contributed by atoms with E-state index in [1.807, 2.05) is 0 Å². The summed E-state index contributed by atoms with van der Waals surface area (Å²) in [6.45, 7) is 10.9. The van der Waals surface area contributed by atoms with Crippen molar-refractivity contribution in [1.82, 2.24) is 15.5 Å². The highest BCUT2D eigenvalue weighted by atomic mass is 16.6. The molecule has 264 valence electrons. The molecule has 2 fully saturated rings. The quantitative estimate of drug-likeness (QED) is 0.350. The summed E-state index contributed by atoms with van der Waals surface area (Å²) in [6.07, 6.45) is -4.45. The maximum atomic E-state index is 13.8. The second-order valence-electron chi connectivity index (χ2n) is 12.6. The van der Waals surface area contributed by atoms with Crippen LogP contribution in [0.5, 0.6) is 0 Å². The van der Waals surface area contributed by atoms with Crippen molar-refractivity contribution in [1.29, 1.82) is 0 Å². The number of ether oxygens (including phenoxy) is 4. The first-order valence-corrected chi connectivity index (χ1v) is 16.4. The number of benzene rings is 1. The van der Waals surface area contributed by atoms with Crippen LogP contribution in [0.25, 0.3) is 0 Å². The number of cyclic esters (lactones) is 4. The smallest absolute Gasteiger partial charge is 0.348 e. The number of hydrogen-bond donors (Lipinski definition) is 2. The van der Waals surface area contributed by atoms with Crippen LogP contribution in [-0.4, -0.2) is 95.6 Å². The van der Waals surface area contributed by atoms with Gasteiger partial charge in [0.15, 0.2) is 18.3 Å². The maximum absolute atomic E-state index is 13.8. The highest BCUT2D eigenvalue weighted by Gasteiger charge is 2.43. The number of rotatable bonds is 4. The predicted molar refractivity (Wildman–Crippen MR) is 170 cm³/mol. The largest absolute Gasteiger partial charge is 0.452 e. The number of nitrogens with one attached hydrogen (secondary N) is 2. The van der Waals surface area contributed by atoms with Gasteiger partial charge in [0.25, 0.3) is 17.7 Å². The lowest BCUT2D eigenvalue weighted by atomic mass is 9.98. The zero-order valence-corrected chi connectivity index (χ0v) is 28.6. The van der Waals surface area contributed by atoms with E-state index < -0.39 is 96.0 Å². The monoisotopic (exact) mass is 673 g/mol. The Kier molecular flexibility index (Phi) is 13.5. The summed E-state index contributed by atoms with van der Waals surface area (Å²) >= 11 is 0. The first-order chi connectivity index (χ1) is 22.6. The summed E-state index contributed by atoms with van der Waals surface area (Å²) in [5.74, 6) is -7.00. The number of esters is 4. The Morgan fingerprint density at radius 2 is 1.38 bits per heavy atom. The number of nitrogens with zero attached hydrogens (tertiary/aromatic N) is 1. The Labute approximate surface area is 280 Å². The van der Waals surface area contributed by atoms with E-state index in [2.05, 4.69) is 10.6 Å². The first kappa shape index (κ1) is 38.0. The van der Waals surface area contributed by atoms with E-state index in [0.29, 0.717) is 18.4 Å². The van der Waals surface area contributed by atoms with E-state index in [0.717, 1.165) is 0 Å². The van der Waals surface area contributed by atoms with Crippen molar-refractivity contribution in [3.05, 3.63) is 35.9 Å². The van der Waals surface area contributed by atoms with E-state index >= 15 is 0 Å². The van der Waals surface area contributed by atoms with Gasteiger partial charge in [-0.3, -0.25) is 19.2 Å². The highest BCUT2D eigenvalue weighted by Crippen LogP contribution is 2.25. The van der Waals surface area contributed by atoms with Crippen molar-refractivity contribution in [3.63, 3.8) is 0 Å². The normalized spacial score (nSPS) is 30.5. The number of fused-ring (bicyclic) bond motifs is 1. The summed E-state index contributed by atoms with van der Waals surface area (Å²) in [6, 6.07) is 5.71. The summed E-state index contributed by atoms with van der Waals surface area (Å²) in [7, 11) is 0. The molecule has 0 aliphatic carbocycles. The molecule has 2 N–H and O–H groups in total. The van der Waals surface area contributed by atoms with Crippen LogP contribution in [0, 0.1) is 11.8 Å². The van der Waals surface area contributed by atoms with Gasteiger partial charge in [-0.15, -0.1) is 0 Å². The summed E-state index contributed by atoms with van der Waals surface area (Å²) in [4.78, 5) is 93.9. The first-order valence-electron chi connectivity index (χ1n) is 16.4. The maximum Gasteiger partial charge on any atom is 0.348 e. The van der Waals surface area contributed by atoms with Crippen molar-refractivity contribution in [2.75, 3.05) is 6.54 Å². The van der Waals surface area contributed by atoms with Gasteiger partial charge in [0.05, 0.1) is 5.92 Å². The Morgan fingerprint density at radius 1 is 0.771 bits per heavy atom. The van der Waals surface area contributed by atoms with Gasteiger partial charge in [0, 0.05) is 19.0 Å². The van der Waals surface area contributed by atoms with Crippen LogP contribution in [0.15, 0.2) is 30.3 Å². The van der Waals surface area contributed by atoms with Gasteiger partial charge in [0.1, 0.15) is 12.1 Å². The summed E-state index contributed by atoms with van der Waals surface area (Å²) in [5, 5.41) is 5.08. The fourth-order valence-corrected chi connectivity index (χ4v) is 5.43. The summed E-state index contributed by atoms with van der Waals surface area (Å²) in [5.41, 5.74) is 0.644. The van der Waals surface area contributed by atoms with Crippen LogP contribution in [0.2, 0.25) is 0 Å². The second-order valence-corrected chi connectivity index (χ2v) is 12.6. The Morgan fingerprint density at radius 3 is 1.98 bits per heavy atom. The van der Waals surface area contributed by atoms with Crippen molar-refractivity contribution in [3.8, 4) is 0 Å². The lowest BCUT2D eigenvalue weighted by Crippen LogP contribution is -2.52. The zero-order valence-electron chi connectivity index (χ0n) is 28.6. The van der Waals surface area contributed by atoms with Crippen molar-refractivity contribution in [2.45, 2.75) is 117 Å². The van der Waals surface area contributed by atoms with Crippen molar-refractivity contribution < 1.29 is 52.5 Å².